The van der Waals surface area contributed by atoms with Crippen molar-refractivity contribution >= 4 is 34.8 Å². The SMILES string of the molecule is CCCc1cccc(C(=O)Nc2c(Cl)cc(C(F)(C(F)(F)F)C(F)(F)F)cc2Cl)c1OC. The van der Waals surface area contributed by atoms with Crippen molar-refractivity contribution in [2.24, 2.45) is 0 Å². The first kappa shape index (κ1) is 26.1. The van der Waals surface area contributed by atoms with Gasteiger partial charge in [-0.3, -0.25) is 4.79 Å². The zero-order valence-electron chi connectivity index (χ0n) is 16.5. The number of rotatable bonds is 6. The molecule has 0 saturated heterocycles. The van der Waals surface area contributed by atoms with Gasteiger partial charge in [-0.15, -0.1) is 0 Å². The van der Waals surface area contributed by atoms with Gasteiger partial charge in [-0.2, -0.15) is 26.3 Å². The van der Waals surface area contributed by atoms with Gasteiger partial charge in [0.05, 0.1) is 28.4 Å². The van der Waals surface area contributed by atoms with E-state index in [2.05, 4.69) is 5.32 Å². The van der Waals surface area contributed by atoms with Crippen molar-refractivity contribution in [2.45, 2.75) is 37.8 Å². The molecule has 32 heavy (non-hydrogen) atoms. The van der Waals surface area contributed by atoms with Crippen LogP contribution in [0, 0.1) is 0 Å². The molecule has 0 spiro atoms. The molecule has 0 atom stereocenters. The van der Waals surface area contributed by atoms with Crippen LogP contribution in [0.5, 0.6) is 5.75 Å². The highest BCUT2D eigenvalue weighted by atomic mass is 35.5. The number of amides is 1. The number of benzene rings is 2. The molecule has 0 aliphatic carbocycles. The molecule has 0 heterocycles. The van der Waals surface area contributed by atoms with Crippen molar-refractivity contribution in [1.82, 2.24) is 0 Å². The summed E-state index contributed by atoms with van der Waals surface area (Å²) in [5, 5.41) is 0.588. The van der Waals surface area contributed by atoms with Gasteiger partial charge in [0.1, 0.15) is 5.75 Å². The van der Waals surface area contributed by atoms with E-state index < -0.39 is 45.2 Å². The van der Waals surface area contributed by atoms with Gasteiger partial charge >= 0.3 is 18.0 Å². The van der Waals surface area contributed by atoms with Crippen molar-refractivity contribution < 1.29 is 40.3 Å². The predicted molar refractivity (Wildman–Crippen MR) is 106 cm³/mol. The molecular weight excluding hydrogens is 490 g/mol. The van der Waals surface area contributed by atoms with Crippen LogP contribution >= 0.6 is 23.2 Å². The summed E-state index contributed by atoms with van der Waals surface area (Å²) in [6, 6.07) is 4.93. The summed E-state index contributed by atoms with van der Waals surface area (Å²) < 4.78 is 97.6. The van der Waals surface area contributed by atoms with E-state index in [4.69, 9.17) is 27.9 Å². The number of nitrogens with one attached hydrogen (secondary N) is 1. The maximum atomic E-state index is 14.3. The lowest BCUT2D eigenvalue weighted by Crippen LogP contribution is -2.50. The van der Waals surface area contributed by atoms with Gasteiger partial charge in [0.25, 0.3) is 5.91 Å². The number of halogens is 9. The number of methoxy groups -OCH3 is 1. The van der Waals surface area contributed by atoms with E-state index in [1.807, 2.05) is 6.92 Å². The van der Waals surface area contributed by atoms with Gasteiger partial charge in [0.15, 0.2) is 0 Å². The predicted octanol–water partition coefficient (Wildman–Crippen LogP) is 7.50. The summed E-state index contributed by atoms with van der Waals surface area (Å²) >= 11 is 11.6. The Morgan fingerprint density at radius 3 is 1.97 bits per heavy atom. The second kappa shape index (κ2) is 9.35. The van der Waals surface area contributed by atoms with E-state index >= 15 is 0 Å². The van der Waals surface area contributed by atoms with Gasteiger partial charge in [-0.1, -0.05) is 48.7 Å². The van der Waals surface area contributed by atoms with Crippen LogP contribution in [-0.4, -0.2) is 25.4 Å². The first-order valence-electron chi connectivity index (χ1n) is 8.98. The quantitative estimate of drug-likeness (QED) is 0.413. The smallest absolute Gasteiger partial charge is 0.435 e. The Kier molecular flexibility index (Phi) is 7.61. The number of aryl methyl sites for hydroxylation is 1. The third-order valence-corrected chi connectivity index (χ3v) is 5.12. The molecule has 0 aliphatic heterocycles. The van der Waals surface area contributed by atoms with E-state index in [9.17, 15) is 35.5 Å². The summed E-state index contributed by atoms with van der Waals surface area (Å²) in [5.74, 6) is -0.609. The number of alkyl halides is 7. The topological polar surface area (TPSA) is 38.3 Å². The minimum Gasteiger partial charge on any atom is -0.496 e. The van der Waals surface area contributed by atoms with Crippen molar-refractivity contribution in [3.05, 3.63) is 57.1 Å². The number of hydrogen-bond donors (Lipinski definition) is 1. The Balaban J connectivity index is 2.51. The van der Waals surface area contributed by atoms with Crippen LogP contribution in [-0.2, 0) is 12.1 Å². The fraction of sp³-hybridized carbons (Fsp3) is 0.350. The highest BCUT2D eigenvalue weighted by molar-refractivity contribution is 6.40. The number of carbonyl (C=O) groups excluding carboxylic acids is 1. The Morgan fingerprint density at radius 1 is 1.00 bits per heavy atom. The van der Waals surface area contributed by atoms with Crippen LogP contribution < -0.4 is 10.1 Å². The maximum Gasteiger partial charge on any atom is 0.435 e. The van der Waals surface area contributed by atoms with Crippen LogP contribution in [0.3, 0.4) is 0 Å². The Labute approximate surface area is 188 Å². The molecule has 12 heteroatoms. The zero-order chi connectivity index (χ0) is 24.5. The van der Waals surface area contributed by atoms with Crippen LogP contribution in [0.2, 0.25) is 10.0 Å². The van der Waals surface area contributed by atoms with E-state index in [0.717, 1.165) is 6.42 Å². The largest absolute Gasteiger partial charge is 0.496 e. The molecule has 0 aliphatic rings. The van der Waals surface area contributed by atoms with Gasteiger partial charge in [0, 0.05) is 5.56 Å². The first-order chi connectivity index (χ1) is 14.7. The molecule has 1 N–H and O–H groups in total. The number of anilines is 1. The molecule has 2 rings (SSSR count). The molecule has 2 aromatic rings. The summed E-state index contributed by atoms with van der Waals surface area (Å²) in [6.07, 6.45) is -11.4. The van der Waals surface area contributed by atoms with Crippen molar-refractivity contribution in [2.75, 3.05) is 12.4 Å². The summed E-state index contributed by atoms with van der Waals surface area (Å²) in [4.78, 5) is 12.7. The van der Waals surface area contributed by atoms with E-state index in [1.54, 1.807) is 12.1 Å². The van der Waals surface area contributed by atoms with Crippen molar-refractivity contribution in [1.29, 1.82) is 0 Å². The molecular formula is C20H16Cl2F7NO2. The van der Waals surface area contributed by atoms with Crippen LogP contribution in [0.4, 0.5) is 36.4 Å². The number of hydrogen-bond acceptors (Lipinski definition) is 2. The molecule has 0 bridgehead atoms. The zero-order valence-corrected chi connectivity index (χ0v) is 18.0. The van der Waals surface area contributed by atoms with Gasteiger partial charge < -0.3 is 10.1 Å². The van der Waals surface area contributed by atoms with Gasteiger partial charge in [-0.25, -0.2) is 4.39 Å². The average Bonchev–Trinajstić information content (AvgIpc) is 2.68. The molecule has 0 saturated carbocycles. The monoisotopic (exact) mass is 505 g/mol. The number of para-hydroxylation sites is 1. The Hall–Kier alpha value is -2.20. The van der Waals surface area contributed by atoms with Crippen LogP contribution in [0.1, 0.15) is 34.8 Å². The second-order valence-electron chi connectivity index (χ2n) is 6.67. The lowest BCUT2D eigenvalue weighted by molar-refractivity contribution is -0.348. The number of carbonyl (C=O) groups is 1. The molecule has 0 radical (unpaired) electrons. The maximum absolute atomic E-state index is 14.3. The molecule has 0 aromatic heterocycles. The lowest BCUT2D eigenvalue weighted by Gasteiger charge is -2.30. The van der Waals surface area contributed by atoms with Crippen molar-refractivity contribution in [3.63, 3.8) is 0 Å². The van der Waals surface area contributed by atoms with Crippen molar-refractivity contribution in [3.8, 4) is 5.75 Å². The Bertz CT molecular complexity index is 969. The molecule has 2 aromatic carbocycles. The third-order valence-electron chi connectivity index (χ3n) is 4.52. The Morgan fingerprint density at radius 2 is 1.53 bits per heavy atom. The molecule has 0 fully saturated rings. The molecule has 1 amide bonds. The minimum absolute atomic E-state index is 0.0279. The highest BCUT2D eigenvalue weighted by Crippen LogP contribution is 2.54. The fourth-order valence-corrected chi connectivity index (χ4v) is 3.61. The lowest BCUT2D eigenvalue weighted by atomic mass is 9.94. The normalized spacial score (nSPS) is 12.6. The van der Waals surface area contributed by atoms with Crippen LogP contribution in [0.15, 0.2) is 30.3 Å². The summed E-state index contributed by atoms with van der Waals surface area (Å²) in [6.45, 7) is 1.90. The summed E-state index contributed by atoms with van der Waals surface area (Å²) in [7, 11) is 1.33. The molecule has 176 valence electrons. The van der Waals surface area contributed by atoms with Crippen LogP contribution in [0.25, 0.3) is 0 Å². The third kappa shape index (κ3) is 4.76. The highest BCUT2D eigenvalue weighted by Gasteiger charge is 2.73. The van der Waals surface area contributed by atoms with E-state index in [0.29, 0.717) is 12.0 Å². The summed E-state index contributed by atoms with van der Waals surface area (Å²) in [5.41, 5.74) is -7.34. The molecule has 0 unspecified atom stereocenters. The fourth-order valence-electron chi connectivity index (χ4n) is 3.03. The minimum atomic E-state index is -6.34. The number of ether oxygens (including phenoxy) is 1. The average molecular weight is 506 g/mol. The molecule has 3 nitrogen and oxygen atoms in total. The van der Waals surface area contributed by atoms with Gasteiger partial charge in [0.2, 0.25) is 0 Å². The van der Waals surface area contributed by atoms with E-state index in [-0.39, 0.29) is 23.4 Å². The van der Waals surface area contributed by atoms with E-state index in [1.165, 1.54) is 13.2 Å². The standard InChI is InChI=1S/C20H16Cl2F7NO2/c1-3-5-10-6-4-7-12(16(10)32-2)17(31)30-15-13(21)8-11(9-14(15)22)18(23,19(24,25)26)20(27,28)29/h4,6-9H,3,5H2,1-2H3,(H,30,31). The first-order valence-corrected chi connectivity index (χ1v) is 9.73. The van der Waals surface area contributed by atoms with Gasteiger partial charge in [-0.05, 0) is 30.2 Å². The second-order valence-corrected chi connectivity index (χ2v) is 7.49.